The number of rotatable bonds is 7. The Morgan fingerprint density at radius 3 is 2.39 bits per heavy atom. The topological polar surface area (TPSA) is 76.4 Å². The average molecular weight is 501 g/mol. The summed E-state index contributed by atoms with van der Waals surface area (Å²) in [5.41, 5.74) is 3.59. The van der Waals surface area contributed by atoms with Crippen molar-refractivity contribution in [3.63, 3.8) is 0 Å². The molecule has 36 heavy (non-hydrogen) atoms. The summed E-state index contributed by atoms with van der Waals surface area (Å²) in [4.78, 5) is 21.7. The first-order valence-electron chi connectivity index (χ1n) is 11.8. The quantitative estimate of drug-likeness (QED) is 0.355. The van der Waals surface area contributed by atoms with Gasteiger partial charge in [0, 0.05) is 61.1 Å². The summed E-state index contributed by atoms with van der Waals surface area (Å²) < 4.78 is 7.37. The van der Waals surface area contributed by atoms with Gasteiger partial charge in [-0.3, -0.25) is 14.3 Å². The third-order valence-electron chi connectivity index (χ3n) is 6.30. The van der Waals surface area contributed by atoms with Crippen molar-refractivity contribution in [3.8, 4) is 22.8 Å². The number of methoxy groups -OCH3 is 1. The number of benzene rings is 2. The van der Waals surface area contributed by atoms with Crippen LogP contribution in [0.15, 0.2) is 78.2 Å². The SMILES string of the molecule is COc1ccc(-n2c(SCc3ccccc3C(=O)N3CCN(C)CC3)nnc2-c2ccncc2)cc1. The van der Waals surface area contributed by atoms with Gasteiger partial charge < -0.3 is 14.5 Å². The monoisotopic (exact) mass is 500 g/mol. The normalized spacial score (nSPS) is 14.1. The molecule has 0 bridgehead atoms. The van der Waals surface area contributed by atoms with Gasteiger partial charge in [-0.05, 0) is 55.1 Å². The third kappa shape index (κ3) is 5.12. The fraction of sp³-hybridized carbons (Fsp3) is 0.259. The number of amides is 1. The van der Waals surface area contributed by atoms with E-state index in [0.717, 1.165) is 65.3 Å². The van der Waals surface area contributed by atoms with Gasteiger partial charge in [-0.1, -0.05) is 30.0 Å². The Labute approximate surface area is 214 Å². The molecule has 4 aromatic rings. The molecule has 1 saturated heterocycles. The molecule has 2 aromatic carbocycles. The van der Waals surface area contributed by atoms with Crippen molar-refractivity contribution >= 4 is 17.7 Å². The molecule has 184 valence electrons. The molecule has 8 nitrogen and oxygen atoms in total. The Balaban J connectivity index is 1.44. The second-order valence-corrected chi connectivity index (χ2v) is 9.56. The van der Waals surface area contributed by atoms with Gasteiger partial charge in [0.1, 0.15) is 5.75 Å². The number of aromatic nitrogens is 4. The Morgan fingerprint density at radius 2 is 1.67 bits per heavy atom. The summed E-state index contributed by atoms with van der Waals surface area (Å²) >= 11 is 1.56. The van der Waals surface area contributed by atoms with Crippen LogP contribution in [0.2, 0.25) is 0 Å². The second-order valence-electron chi connectivity index (χ2n) is 8.62. The summed E-state index contributed by atoms with van der Waals surface area (Å²) in [6, 6.07) is 19.5. The molecule has 9 heteroatoms. The fourth-order valence-electron chi connectivity index (χ4n) is 4.19. The molecular weight excluding hydrogens is 472 g/mol. The van der Waals surface area contributed by atoms with Crippen LogP contribution in [0.4, 0.5) is 0 Å². The highest BCUT2D eigenvalue weighted by atomic mass is 32.2. The zero-order valence-electron chi connectivity index (χ0n) is 20.4. The molecule has 0 saturated carbocycles. The minimum Gasteiger partial charge on any atom is -0.497 e. The maximum atomic E-state index is 13.3. The van der Waals surface area contributed by atoms with Gasteiger partial charge >= 0.3 is 0 Å². The van der Waals surface area contributed by atoms with Crippen molar-refractivity contribution in [1.29, 1.82) is 0 Å². The zero-order chi connectivity index (χ0) is 24.9. The minimum atomic E-state index is 0.0911. The van der Waals surface area contributed by atoms with E-state index in [1.54, 1.807) is 31.3 Å². The van der Waals surface area contributed by atoms with Crippen molar-refractivity contribution in [2.24, 2.45) is 0 Å². The van der Waals surface area contributed by atoms with Crippen LogP contribution < -0.4 is 4.74 Å². The summed E-state index contributed by atoms with van der Waals surface area (Å²) in [6.45, 7) is 3.28. The van der Waals surface area contributed by atoms with Crippen LogP contribution in [0.25, 0.3) is 17.1 Å². The first-order valence-corrected chi connectivity index (χ1v) is 12.8. The Bertz CT molecular complexity index is 1320. The lowest BCUT2D eigenvalue weighted by Gasteiger charge is -2.32. The first-order chi connectivity index (χ1) is 17.6. The number of nitrogens with zero attached hydrogens (tertiary/aromatic N) is 6. The van der Waals surface area contributed by atoms with Gasteiger partial charge in [-0.2, -0.15) is 0 Å². The van der Waals surface area contributed by atoms with E-state index in [1.165, 1.54) is 0 Å². The highest BCUT2D eigenvalue weighted by Gasteiger charge is 2.23. The van der Waals surface area contributed by atoms with Crippen molar-refractivity contribution < 1.29 is 9.53 Å². The maximum Gasteiger partial charge on any atom is 0.254 e. The van der Waals surface area contributed by atoms with Crippen molar-refractivity contribution in [2.45, 2.75) is 10.9 Å². The highest BCUT2D eigenvalue weighted by molar-refractivity contribution is 7.98. The molecule has 0 radical (unpaired) electrons. The summed E-state index contributed by atoms with van der Waals surface area (Å²) in [6.07, 6.45) is 3.49. The van der Waals surface area contributed by atoms with Gasteiger partial charge in [0.05, 0.1) is 7.11 Å². The van der Waals surface area contributed by atoms with Crippen molar-refractivity contribution in [3.05, 3.63) is 84.2 Å². The number of carbonyl (C=O) groups excluding carboxylic acids is 1. The molecule has 0 spiro atoms. The van der Waals surface area contributed by atoms with Gasteiger partial charge in [0.2, 0.25) is 0 Å². The molecular formula is C27H28N6O2S. The van der Waals surface area contributed by atoms with Gasteiger partial charge in [0.15, 0.2) is 11.0 Å². The lowest BCUT2D eigenvalue weighted by molar-refractivity contribution is 0.0663. The standard InChI is InChI=1S/C27H28N6O2S/c1-31-15-17-32(18-16-31)26(34)24-6-4-3-5-21(24)19-36-27-30-29-25(20-11-13-28-14-12-20)33(27)22-7-9-23(35-2)10-8-22/h3-14H,15-19H2,1-2H3. The van der Waals surface area contributed by atoms with Gasteiger partial charge in [-0.25, -0.2) is 0 Å². The Hall–Kier alpha value is -3.69. The molecule has 0 atom stereocenters. The number of hydrogen-bond acceptors (Lipinski definition) is 7. The molecule has 0 aliphatic carbocycles. The van der Waals surface area contributed by atoms with Crippen LogP contribution in [0.1, 0.15) is 15.9 Å². The van der Waals surface area contributed by atoms with Crippen molar-refractivity contribution in [2.75, 3.05) is 40.3 Å². The summed E-state index contributed by atoms with van der Waals surface area (Å²) in [5.74, 6) is 2.20. The van der Waals surface area contributed by atoms with Gasteiger partial charge in [-0.15, -0.1) is 10.2 Å². The highest BCUT2D eigenvalue weighted by Crippen LogP contribution is 2.31. The largest absolute Gasteiger partial charge is 0.497 e. The molecule has 1 amide bonds. The number of thioether (sulfide) groups is 1. The molecule has 0 unspecified atom stereocenters. The first kappa shape index (κ1) is 24.0. The Morgan fingerprint density at radius 1 is 0.944 bits per heavy atom. The Kier molecular flexibility index (Phi) is 7.29. The van der Waals surface area contributed by atoms with Crippen LogP contribution in [0, 0.1) is 0 Å². The van der Waals surface area contributed by atoms with Crippen LogP contribution in [-0.4, -0.2) is 75.8 Å². The predicted octanol–water partition coefficient (Wildman–Crippen LogP) is 4.02. The lowest BCUT2D eigenvalue weighted by atomic mass is 10.1. The second kappa shape index (κ2) is 10.9. The molecule has 1 aliphatic rings. The van der Waals surface area contributed by atoms with E-state index in [2.05, 4.69) is 27.1 Å². The van der Waals surface area contributed by atoms with E-state index >= 15 is 0 Å². The predicted molar refractivity (Wildman–Crippen MR) is 141 cm³/mol. The maximum absolute atomic E-state index is 13.3. The molecule has 1 aliphatic heterocycles. The molecule has 3 heterocycles. The summed E-state index contributed by atoms with van der Waals surface area (Å²) in [7, 11) is 3.74. The fourth-order valence-corrected chi connectivity index (χ4v) is 5.15. The van der Waals surface area contributed by atoms with E-state index in [1.807, 2.05) is 70.1 Å². The van der Waals surface area contributed by atoms with Crippen molar-refractivity contribution in [1.82, 2.24) is 29.5 Å². The van der Waals surface area contributed by atoms with E-state index < -0.39 is 0 Å². The minimum absolute atomic E-state index is 0.0911. The van der Waals surface area contributed by atoms with E-state index in [4.69, 9.17) is 4.74 Å². The molecule has 0 N–H and O–H groups in total. The van der Waals surface area contributed by atoms with E-state index in [9.17, 15) is 4.79 Å². The summed E-state index contributed by atoms with van der Waals surface area (Å²) in [5, 5.41) is 9.78. The molecule has 2 aromatic heterocycles. The smallest absolute Gasteiger partial charge is 0.254 e. The average Bonchev–Trinajstić information content (AvgIpc) is 3.36. The van der Waals surface area contributed by atoms with E-state index in [0.29, 0.717) is 5.75 Å². The van der Waals surface area contributed by atoms with Crippen LogP contribution in [0.3, 0.4) is 0 Å². The zero-order valence-corrected chi connectivity index (χ0v) is 21.2. The van der Waals surface area contributed by atoms with Gasteiger partial charge in [0.25, 0.3) is 5.91 Å². The number of piperazine rings is 1. The van der Waals surface area contributed by atoms with Crippen LogP contribution in [0.5, 0.6) is 5.75 Å². The number of pyridine rings is 1. The molecule has 5 rings (SSSR count). The lowest BCUT2D eigenvalue weighted by Crippen LogP contribution is -2.47. The van der Waals surface area contributed by atoms with Crippen LogP contribution >= 0.6 is 11.8 Å². The number of carbonyl (C=O) groups is 1. The third-order valence-corrected chi connectivity index (χ3v) is 7.28. The number of hydrogen-bond donors (Lipinski definition) is 0. The number of ether oxygens (including phenoxy) is 1. The molecule has 1 fully saturated rings. The van der Waals surface area contributed by atoms with E-state index in [-0.39, 0.29) is 5.91 Å². The van der Waals surface area contributed by atoms with Crippen LogP contribution in [-0.2, 0) is 5.75 Å². The number of likely N-dealkylation sites (N-methyl/N-ethyl adjacent to an activating group) is 1.